The quantitative estimate of drug-likeness (QED) is 0.0209. The van der Waals surface area contributed by atoms with E-state index in [4.69, 9.17) is 46.9 Å². The number of aliphatic hydroxyl groups excluding tert-OH is 2. The molecule has 1 aliphatic rings. The van der Waals surface area contributed by atoms with Crippen molar-refractivity contribution in [1.82, 2.24) is 19.6 Å². The van der Waals surface area contributed by atoms with E-state index < -0.39 is 50.9 Å². The van der Waals surface area contributed by atoms with Gasteiger partial charge in [0.05, 0.1) is 18.6 Å². The molecular weight excluding hydrogens is 772 g/mol. The average Bonchev–Trinajstić information content (AvgIpc) is 3.72. The van der Waals surface area contributed by atoms with Crippen LogP contribution in [0.15, 0.2) is 42.9 Å². The molecule has 2 unspecified atom stereocenters. The van der Waals surface area contributed by atoms with Crippen molar-refractivity contribution in [1.29, 1.82) is 0 Å². The standard InChI is InChI=1S/C40H63N6O9PS/c1-3-4-5-6-7-8-9-10-11-12-13-14-15-19-23-51-24-20-25-52-40(49)29(2)45-56(50,55-30-21-17-16-18-22-30)53-27-32-34(47)35(48)39(54-32)46-26-31(37(42)57)33-36(41)43-28-44-38(33)46/h16-18,21-22,26,28-29,32,34-35,39,47-48H,3-15,19-20,23-25,27H2,1-2H3,(H2,42,57)(H,45,50)(H2,41,43,44)/t29-,32?,34-,35-,39-,56?/m1/s1. The van der Waals surface area contributed by atoms with E-state index in [1.807, 2.05) is 0 Å². The summed E-state index contributed by atoms with van der Waals surface area (Å²) in [6, 6.07) is 7.17. The number of nitrogens with one attached hydrogen (secondary N) is 1. The molecule has 2 aromatic heterocycles. The molecule has 17 heteroatoms. The van der Waals surface area contributed by atoms with E-state index in [1.165, 1.54) is 101 Å². The maximum Gasteiger partial charge on any atom is 0.459 e. The number of nitrogens with two attached hydrogens (primary N) is 2. The van der Waals surface area contributed by atoms with Gasteiger partial charge in [-0.05, 0) is 25.5 Å². The molecule has 15 nitrogen and oxygen atoms in total. The number of esters is 1. The second kappa shape index (κ2) is 24.7. The van der Waals surface area contributed by atoms with Gasteiger partial charge in [-0.1, -0.05) is 121 Å². The van der Waals surface area contributed by atoms with Crippen molar-refractivity contribution in [2.75, 3.05) is 32.2 Å². The normalized spacial score (nSPS) is 19.7. The summed E-state index contributed by atoms with van der Waals surface area (Å²) in [6.07, 6.45) is 16.2. The number of unbranched alkanes of at least 4 members (excludes halogenated alkanes) is 13. The Hall–Kier alpha value is -3.21. The van der Waals surface area contributed by atoms with Crippen molar-refractivity contribution in [3.8, 4) is 5.75 Å². The van der Waals surface area contributed by atoms with Gasteiger partial charge in [-0.15, -0.1) is 0 Å². The van der Waals surface area contributed by atoms with E-state index in [0.29, 0.717) is 30.6 Å². The number of aliphatic hydroxyl groups is 2. The van der Waals surface area contributed by atoms with Crippen LogP contribution in [0.2, 0.25) is 0 Å². The van der Waals surface area contributed by atoms with E-state index >= 15 is 0 Å². The van der Waals surface area contributed by atoms with Crippen LogP contribution in [0.5, 0.6) is 5.75 Å². The lowest BCUT2D eigenvalue weighted by atomic mass is 10.0. The van der Waals surface area contributed by atoms with Gasteiger partial charge in [-0.3, -0.25) is 9.32 Å². The zero-order chi connectivity index (χ0) is 41.0. The number of hydrogen-bond acceptors (Lipinski definition) is 13. The number of nitrogens with zero attached hydrogens (tertiary/aromatic N) is 3. The van der Waals surface area contributed by atoms with Crippen LogP contribution in [-0.2, 0) is 28.1 Å². The van der Waals surface area contributed by atoms with Crippen molar-refractivity contribution in [3.05, 3.63) is 48.4 Å². The Morgan fingerprint density at radius 2 is 1.54 bits per heavy atom. The third-order valence-corrected chi connectivity index (χ3v) is 11.8. The van der Waals surface area contributed by atoms with Gasteiger partial charge >= 0.3 is 13.7 Å². The first kappa shape index (κ1) is 46.5. The summed E-state index contributed by atoms with van der Waals surface area (Å²) in [5, 5.41) is 25.0. The van der Waals surface area contributed by atoms with Gasteiger partial charge in [0.1, 0.15) is 52.9 Å². The summed E-state index contributed by atoms with van der Waals surface area (Å²) < 4.78 is 44.2. The van der Waals surface area contributed by atoms with E-state index in [0.717, 1.165) is 12.8 Å². The molecule has 1 fully saturated rings. The number of aromatic nitrogens is 3. The van der Waals surface area contributed by atoms with Crippen LogP contribution in [0.3, 0.4) is 0 Å². The first-order chi connectivity index (χ1) is 27.5. The molecule has 0 bridgehead atoms. The lowest BCUT2D eigenvalue weighted by molar-refractivity contribution is -0.145. The first-order valence-electron chi connectivity index (χ1n) is 20.5. The molecule has 0 aliphatic carbocycles. The molecule has 7 N–H and O–H groups in total. The molecule has 0 spiro atoms. The highest BCUT2D eigenvalue weighted by atomic mass is 32.1. The highest BCUT2D eigenvalue weighted by Gasteiger charge is 2.46. The fourth-order valence-electron chi connectivity index (χ4n) is 6.72. The third kappa shape index (κ3) is 14.8. The van der Waals surface area contributed by atoms with Crippen LogP contribution in [0.1, 0.15) is 122 Å². The zero-order valence-electron chi connectivity index (χ0n) is 33.5. The van der Waals surface area contributed by atoms with Crippen LogP contribution in [0, 0.1) is 0 Å². The van der Waals surface area contributed by atoms with Crippen molar-refractivity contribution in [2.45, 2.75) is 141 Å². The molecule has 1 saturated heterocycles. The lowest BCUT2D eigenvalue weighted by Crippen LogP contribution is -2.37. The SMILES string of the molecule is CCCCCCCCCCCCCCCCOCCCOC(=O)[C@@H](C)NP(=O)(OCC1O[C@@H](n2cc(C(N)=S)c3c(N)ncnc32)[C@H](O)[C@@H]1O)Oc1ccccc1. The molecule has 4 rings (SSSR count). The van der Waals surface area contributed by atoms with Crippen LogP contribution < -0.4 is 21.1 Å². The van der Waals surface area contributed by atoms with Gasteiger partial charge in [-0.25, -0.2) is 14.5 Å². The molecule has 318 valence electrons. The Labute approximate surface area is 342 Å². The summed E-state index contributed by atoms with van der Waals surface area (Å²) in [4.78, 5) is 21.2. The maximum absolute atomic E-state index is 14.1. The third-order valence-electron chi connectivity index (χ3n) is 9.92. The smallest absolute Gasteiger partial charge is 0.459 e. The molecular formula is C40H63N6O9PS. The van der Waals surface area contributed by atoms with Crippen molar-refractivity contribution >= 4 is 47.8 Å². The zero-order valence-corrected chi connectivity index (χ0v) is 35.2. The lowest BCUT2D eigenvalue weighted by Gasteiger charge is -2.24. The largest absolute Gasteiger partial charge is 0.464 e. The van der Waals surface area contributed by atoms with Gasteiger partial charge < -0.3 is 45.0 Å². The Bertz CT molecular complexity index is 1700. The predicted octanol–water partition coefficient (Wildman–Crippen LogP) is 6.88. The second-order valence-corrected chi connectivity index (χ2v) is 16.7. The molecule has 1 aromatic carbocycles. The number of carbonyl (C=O) groups excluding carboxylic acids is 1. The van der Waals surface area contributed by atoms with Gasteiger partial charge in [0.15, 0.2) is 6.23 Å². The summed E-state index contributed by atoms with van der Waals surface area (Å²) >= 11 is 5.17. The average molecular weight is 835 g/mol. The Kier molecular flexibility index (Phi) is 20.1. The van der Waals surface area contributed by atoms with E-state index in [1.54, 1.807) is 30.3 Å². The molecule has 57 heavy (non-hydrogen) atoms. The second-order valence-electron chi connectivity index (χ2n) is 14.6. The fourth-order valence-corrected chi connectivity index (χ4v) is 8.37. The Morgan fingerprint density at radius 3 is 2.18 bits per heavy atom. The first-order valence-corrected chi connectivity index (χ1v) is 22.4. The van der Waals surface area contributed by atoms with E-state index in [-0.39, 0.29) is 28.8 Å². The Morgan fingerprint density at radius 1 is 0.930 bits per heavy atom. The van der Waals surface area contributed by atoms with Gasteiger partial charge in [0, 0.05) is 31.4 Å². The monoisotopic (exact) mass is 834 g/mol. The van der Waals surface area contributed by atoms with Gasteiger partial charge in [0.25, 0.3) is 0 Å². The van der Waals surface area contributed by atoms with Crippen LogP contribution in [0.25, 0.3) is 11.0 Å². The van der Waals surface area contributed by atoms with Crippen molar-refractivity contribution in [2.24, 2.45) is 5.73 Å². The van der Waals surface area contributed by atoms with Crippen LogP contribution in [-0.4, -0.2) is 86.5 Å². The number of ether oxygens (including phenoxy) is 3. The van der Waals surface area contributed by atoms with Gasteiger partial charge in [-0.2, -0.15) is 5.09 Å². The minimum atomic E-state index is -4.30. The van der Waals surface area contributed by atoms with E-state index in [2.05, 4.69) is 22.0 Å². The number of benzene rings is 1. The van der Waals surface area contributed by atoms with Crippen LogP contribution in [0.4, 0.5) is 5.82 Å². The highest BCUT2D eigenvalue weighted by Crippen LogP contribution is 2.46. The number of fused-ring (bicyclic) bond motifs is 1. The molecule has 6 atom stereocenters. The Balaban J connectivity index is 1.17. The minimum Gasteiger partial charge on any atom is -0.464 e. The van der Waals surface area contributed by atoms with Crippen molar-refractivity contribution in [3.63, 3.8) is 0 Å². The van der Waals surface area contributed by atoms with Crippen molar-refractivity contribution < 1.29 is 42.8 Å². The molecule has 3 heterocycles. The highest BCUT2D eigenvalue weighted by molar-refractivity contribution is 7.80. The summed E-state index contributed by atoms with van der Waals surface area (Å²) in [6.45, 7) is 4.49. The topological polar surface area (TPSA) is 216 Å². The predicted molar refractivity (Wildman–Crippen MR) is 224 cm³/mol. The molecule has 0 saturated carbocycles. The summed E-state index contributed by atoms with van der Waals surface area (Å²) in [5.41, 5.74) is 12.6. The number of anilines is 1. The molecule has 0 radical (unpaired) electrons. The van der Waals surface area contributed by atoms with Gasteiger partial charge in [0.2, 0.25) is 0 Å². The number of rotatable bonds is 29. The number of para-hydroxylation sites is 1. The fraction of sp³-hybridized carbons (Fsp3) is 0.650. The summed E-state index contributed by atoms with van der Waals surface area (Å²) in [5.74, 6) is -0.336. The number of hydrogen-bond donors (Lipinski definition) is 5. The molecule has 3 aromatic rings. The minimum absolute atomic E-state index is 0.0228. The maximum atomic E-state index is 14.1. The number of nitrogen functional groups attached to an aromatic ring is 1. The number of carbonyl (C=O) groups is 1. The molecule has 1 aliphatic heterocycles. The number of thiocarbonyl (C=S) groups is 1. The van der Waals surface area contributed by atoms with E-state index in [9.17, 15) is 19.6 Å². The van der Waals surface area contributed by atoms with Crippen LogP contribution >= 0.6 is 20.0 Å². The summed E-state index contributed by atoms with van der Waals surface area (Å²) in [7, 11) is -4.30. The molecule has 0 amide bonds.